The van der Waals surface area contributed by atoms with Crippen LogP contribution in [0.5, 0.6) is 0 Å². The van der Waals surface area contributed by atoms with Gasteiger partial charge in [-0.15, -0.1) is 0 Å². The highest BCUT2D eigenvalue weighted by Crippen LogP contribution is 2.15. The molecule has 24 heavy (non-hydrogen) atoms. The summed E-state index contributed by atoms with van der Waals surface area (Å²) in [5.41, 5.74) is 1.11. The van der Waals surface area contributed by atoms with Crippen LogP contribution in [-0.4, -0.2) is 55.2 Å². The number of aromatic nitrogens is 2. The predicted octanol–water partition coefficient (Wildman–Crippen LogP) is 1.58. The van der Waals surface area contributed by atoms with Crippen LogP contribution in [0.4, 0.5) is 0 Å². The molecule has 3 rings (SSSR count). The van der Waals surface area contributed by atoms with Crippen molar-refractivity contribution in [2.75, 3.05) is 26.0 Å². The van der Waals surface area contributed by atoms with Gasteiger partial charge in [0.05, 0.1) is 17.5 Å². The molecule has 1 aromatic heterocycles. The lowest BCUT2D eigenvalue weighted by molar-refractivity contribution is 0.0391. The molecule has 0 N–H and O–H groups in total. The summed E-state index contributed by atoms with van der Waals surface area (Å²) in [5.74, 6) is 0. The Balaban J connectivity index is 1.62. The smallest absolute Gasteiger partial charge is 0.175 e. The largest absolute Gasteiger partial charge is 0.375 e. The zero-order valence-corrected chi connectivity index (χ0v) is 14.7. The lowest BCUT2D eigenvalue weighted by Crippen LogP contribution is -2.34. The maximum Gasteiger partial charge on any atom is 0.175 e. The van der Waals surface area contributed by atoms with Gasteiger partial charge in [-0.25, -0.2) is 8.42 Å². The van der Waals surface area contributed by atoms with Crippen molar-refractivity contribution in [2.45, 2.75) is 30.5 Å². The molecular formula is C17H23N3O3S. The van der Waals surface area contributed by atoms with Crippen LogP contribution in [0, 0.1) is 0 Å². The van der Waals surface area contributed by atoms with Gasteiger partial charge in [-0.3, -0.25) is 9.58 Å². The summed E-state index contributed by atoms with van der Waals surface area (Å²) in [4.78, 5) is 2.72. The summed E-state index contributed by atoms with van der Waals surface area (Å²) in [5, 5.41) is 4.24. The van der Waals surface area contributed by atoms with Gasteiger partial charge in [0, 0.05) is 44.9 Å². The van der Waals surface area contributed by atoms with Crippen LogP contribution in [0.3, 0.4) is 0 Å². The highest BCUT2D eigenvalue weighted by atomic mass is 32.2. The van der Waals surface area contributed by atoms with Crippen molar-refractivity contribution < 1.29 is 13.2 Å². The first kappa shape index (κ1) is 17.1. The fourth-order valence-electron chi connectivity index (χ4n) is 2.94. The van der Waals surface area contributed by atoms with E-state index in [1.807, 2.05) is 29.1 Å². The summed E-state index contributed by atoms with van der Waals surface area (Å²) in [6.07, 6.45) is 6.06. The van der Waals surface area contributed by atoms with Crippen LogP contribution in [-0.2, 0) is 27.7 Å². The van der Waals surface area contributed by atoms with Gasteiger partial charge in [0.2, 0.25) is 0 Å². The number of benzene rings is 1. The zero-order chi connectivity index (χ0) is 17.0. The molecule has 0 bridgehead atoms. The second kappa shape index (κ2) is 7.46. The molecular weight excluding hydrogens is 326 g/mol. The predicted molar refractivity (Wildman–Crippen MR) is 91.4 cm³/mol. The Morgan fingerprint density at radius 3 is 2.75 bits per heavy atom. The molecule has 7 heteroatoms. The first-order valence-corrected chi connectivity index (χ1v) is 10.0. The molecule has 0 saturated carbocycles. The van der Waals surface area contributed by atoms with E-state index in [0.717, 1.165) is 44.8 Å². The second-order valence-corrected chi connectivity index (χ2v) is 8.24. The highest BCUT2D eigenvalue weighted by Gasteiger charge is 2.19. The first-order chi connectivity index (χ1) is 11.5. The van der Waals surface area contributed by atoms with Gasteiger partial charge >= 0.3 is 0 Å². The van der Waals surface area contributed by atoms with Crippen LogP contribution >= 0.6 is 0 Å². The molecule has 0 amide bonds. The molecule has 0 aliphatic carbocycles. The van der Waals surface area contributed by atoms with E-state index in [2.05, 4.69) is 10.00 Å². The van der Waals surface area contributed by atoms with Crippen molar-refractivity contribution in [3.63, 3.8) is 0 Å². The minimum Gasteiger partial charge on any atom is -0.375 e. The van der Waals surface area contributed by atoms with Crippen molar-refractivity contribution in [1.29, 1.82) is 0 Å². The quantitative estimate of drug-likeness (QED) is 0.820. The van der Waals surface area contributed by atoms with Gasteiger partial charge in [-0.2, -0.15) is 5.10 Å². The van der Waals surface area contributed by atoms with Crippen LogP contribution < -0.4 is 0 Å². The molecule has 2 heterocycles. The second-order valence-electron chi connectivity index (χ2n) is 6.23. The summed E-state index contributed by atoms with van der Waals surface area (Å²) in [7, 11) is -3.14. The van der Waals surface area contributed by atoms with Crippen molar-refractivity contribution >= 4 is 9.84 Å². The Kier molecular flexibility index (Phi) is 5.33. The van der Waals surface area contributed by atoms with Gasteiger partial charge in [0.1, 0.15) is 0 Å². The summed E-state index contributed by atoms with van der Waals surface area (Å²) in [6, 6.07) is 9.06. The number of rotatable bonds is 5. The van der Waals surface area contributed by atoms with Crippen LogP contribution in [0.15, 0.2) is 47.6 Å². The Labute approximate surface area is 143 Å². The minimum absolute atomic E-state index is 0.114. The van der Waals surface area contributed by atoms with Gasteiger partial charge in [-0.05, 0) is 30.2 Å². The normalized spacial score (nSPS) is 20.0. The molecule has 1 saturated heterocycles. The van der Waals surface area contributed by atoms with Crippen molar-refractivity contribution in [1.82, 2.24) is 14.7 Å². The topological polar surface area (TPSA) is 64.4 Å². The van der Waals surface area contributed by atoms with E-state index in [0.29, 0.717) is 4.90 Å². The average molecular weight is 349 g/mol. The van der Waals surface area contributed by atoms with Crippen molar-refractivity contribution in [3.05, 3.63) is 48.3 Å². The summed E-state index contributed by atoms with van der Waals surface area (Å²) < 4.78 is 30.9. The molecule has 6 nitrogen and oxygen atoms in total. The molecule has 130 valence electrons. The SMILES string of the molecule is CS(=O)(=O)c1ccc(CN2CCCO[C@@H](Cn3cccn3)C2)cc1. The fourth-order valence-corrected chi connectivity index (χ4v) is 3.57. The Morgan fingerprint density at radius 1 is 1.29 bits per heavy atom. The van der Waals surface area contributed by atoms with Gasteiger partial charge < -0.3 is 4.74 Å². The summed E-state index contributed by atoms with van der Waals surface area (Å²) >= 11 is 0. The monoisotopic (exact) mass is 349 g/mol. The average Bonchev–Trinajstić information content (AvgIpc) is 2.94. The number of ether oxygens (including phenoxy) is 1. The van der Waals surface area contributed by atoms with Gasteiger partial charge in [-0.1, -0.05) is 12.1 Å². The first-order valence-electron chi connectivity index (χ1n) is 8.11. The highest BCUT2D eigenvalue weighted by molar-refractivity contribution is 7.90. The van der Waals surface area contributed by atoms with Crippen molar-refractivity contribution in [3.8, 4) is 0 Å². The Hall–Kier alpha value is -1.70. The van der Waals surface area contributed by atoms with Crippen molar-refractivity contribution in [2.24, 2.45) is 0 Å². The molecule has 1 fully saturated rings. The third kappa shape index (κ3) is 4.66. The fraction of sp³-hybridized carbons (Fsp3) is 0.471. The molecule has 1 aliphatic heterocycles. The third-order valence-electron chi connectivity index (χ3n) is 4.14. The van der Waals surface area contributed by atoms with E-state index in [4.69, 9.17) is 4.74 Å². The van der Waals surface area contributed by atoms with E-state index in [9.17, 15) is 8.42 Å². The van der Waals surface area contributed by atoms with Crippen LogP contribution in [0.1, 0.15) is 12.0 Å². The number of hydrogen-bond donors (Lipinski definition) is 0. The standard InChI is InChI=1S/C17H23N3O3S/c1-24(21,22)17-6-4-15(5-7-17)12-19-9-3-11-23-16(13-19)14-20-10-2-8-18-20/h2,4-8,10,16H,3,9,11-14H2,1H3/t16-/m1/s1. The molecule has 1 aliphatic rings. The van der Waals surface area contributed by atoms with E-state index in [1.165, 1.54) is 6.26 Å². The van der Waals surface area contributed by atoms with Crippen LogP contribution in [0.25, 0.3) is 0 Å². The van der Waals surface area contributed by atoms with Crippen LogP contribution in [0.2, 0.25) is 0 Å². The zero-order valence-electron chi connectivity index (χ0n) is 13.8. The maximum atomic E-state index is 11.5. The van der Waals surface area contributed by atoms with E-state index in [1.54, 1.807) is 18.3 Å². The molecule has 2 aromatic rings. The molecule has 1 aromatic carbocycles. The number of sulfone groups is 1. The Bertz CT molecular complexity index is 742. The minimum atomic E-state index is -3.14. The molecule has 0 spiro atoms. The molecule has 0 radical (unpaired) electrons. The third-order valence-corrected chi connectivity index (χ3v) is 5.27. The van der Waals surface area contributed by atoms with Gasteiger partial charge in [0.25, 0.3) is 0 Å². The maximum absolute atomic E-state index is 11.5. The lowest BCUT2D eigenvalue weighted by atomic mass is 10.2. The molecule has 0 unspecified atom stereocenters. The lowest BCUT2D eigenvalue weighted by Gasteiger charge is -2.23. The number of nitrogens with zero attached hydrogens (tertiary/aromatic N) is 3. The Morgan fingerprint density at radius 2 is 2.08 bits per heavy atom. The van der Waals surface area contributed by atoms with Gasteiger partial charge in [0.15, 0.2) is 9.84 Å². The van der Waals surface area contributed by atoms with E-state index < -0.39 is 9.84 Å². The van der Waals surface area contributed by atoms with E-state index in [-0.39, 0.29) is 6.10 Å². The molecule has 1 atom stereocenters. The summed E-state index contributed by atoms with van der Waals surface area (Å²) in [6.45, 7) is 4.12. The van der Waals surface area contributed by atoms with E-state index >= 15 is 0 Å². The number of hydrogen-bond acceptors (Lipinski definition) is 5.